The predicted octanol–water partition coefficient (Wildman–Crippen LogP) is 16.1. The van der Waals surface area contributed by atoms with Gasteiger partial charge in [0.1, 0.15) is 0 Å². The average Bonchev–Trinajstić information content (AvgIpc) is 3.94. The zero-order chi connectivity index (χ0) is 45.0. The summed E-state index contributed by atoms with van der Waals surface area (Å²) in [7, 11) is 0. The minimum Gasteiger partial charge on any atom is -0.307 e. The molecule has 0 saturated heterocycles. The van der Waals surface area contributed by atoms with E-state index in [0.717, 1.165) is 72.4 Å². The van der Waals surface area contributed by atoms with Crippen molar-refractivity contribution in [2.45, 2.75) is 0 Å². The largest absolute Gasteiger partial charge is 0.307 e. The standard InChI is InChI=1S/C63H41N5/c1-5-18-42(19-6-1)44-32-34-47(35-33-44)62-64-61(46-24-11-4-12-25-46)65-63(66-62)55-41-49(37-39-50(55)45-22-9-3-10-23-45)67-56-29-15-14-27-52(56)54-28-17-31-58(60(54)67)68-57-30-16-13-26-51(57)53-38-36-48(40-59(53)68)43-20-7-2-8-21-43/h1-41H. The number of hydrogen-bond acceptors (Lipinski definition) is 3. The zero-order valence-corrected chi connectivity index (χ0v) is 36.9. The molecule has 10 aromatic carbocycles. The second-order valence-electron chi connectivity index (χ2n) is 17.2. The molecule has 0 unspecified atom stereocenters. The van der Waals surface area contributed by atoms with E-state index in [1.54, 1.807) is 0 Å². The van der Waals surface area contributed by atoms with E-state index in [0.29, 0.717) is 17.5 Å². The molecule has 0 aliphatic heterocycles. The third kappa shape index (κ3) is 6.68. The first-order valence-corrected chi connectivity index (χ1v) is 23.0. The van der Waals surface area contributed by atoms with Crippen LogP contribution in [0, 0.1) is 0 Å². The normalized spacial score (nSPS) is 11.5. The molecular formula is C63H41N5. The maximum absolute atomic E-state index is 5.36. The van der Waals surface area contributed by atoms with Gasteiger partial charge in [-0.3, -0.25) is 0 Å². The molecule has 13 rings (SSSR count). The Morgan fingerprint density at radius 3 is 1.37 bits per heavy atom. The highest BCUT2D eigenvalue weighted by Crippen LogP contribution is 2.42. The van der Waals surface area contributed by atoms with Gasteiger partial charge in [-0.1, -0.05) is 212 Å². The van der Waals surface area contributed by atoms with Crippen molar-refractivity contribution in [3.63, 3.8) is 0 Å². The Morgan fingerprint density at radius 2 is 0.706 bits per heavy atom. The number of nitrogens with zero attached hydrogens (tertiary/aromatic N) is 5. The van der Waals surface area contributed by atoms with E-state index in [1.807, 2.05) is 24.3 Å². The fourth-order valence-corrected chi connectivity index (χ4v) is 10.00. The summed E-state index contributed by atoms with van der Waals surface area (Å²) in [6, 6.07) is 88.2. The van der Waals surface area contributed by atoms with Crippen LogP contribution < -0.4 is 0 Å². The van der Waals surface area contributed by atoms with E-state index in [-0.39, 0.29) is 0 Å². The first kappa shape index (κ1) is 39.2. The molecular weight excluding hydrogens is 827 g/mol. The molecule has 3 heterocycles. The molecule has 13 aromatic rings. The lowest BCUT2D eigenvalue weighted by atomic mass is 9.98. The molecule has 0 amide bonds. The summed E-state index contributed by atoms with van der Waals surface area (Å²) in [6.45, 7) is 0. The molecule has 5 nitrogen and oxygen atoms in total. The third-order valence-corrected chi connectivity index (χ3v) is 13.2. The third-order valence-electron chi connectivity index (χ3n) is 13.2. The minimum atomic E-state index is 0.596. The Morgan fingerprint density at radius 1 is 0.250 bits per heavy atom. The number of fused-ring (bicyclic) bond motifs is 6. The van der Waals surface area contributed by atoms with Gasteiger partial charge < -0.3 is 9.13 Å². The monoisotopic (exact) mass is 867 g/mol. The number of aromatic nitrogens is 5. The Kier molecular flexibility index (Phi) is 9.43. The van der Waals surface area contributed by atoms with Gasteiger partial charge in [0.05, 0.1) is 27.8 Å². The van der Waals surface area contributed by atoms with Crippen LogP contribution in [-0.2, 0) is 0 Å². The van der Waals surface area contributed by atoms with Crippen LogP contribution in [0.25, 0.3) is 123 Å². The van der Waals surface area contributed by atoms with E-state index in [9.17, 15) is 0 Å². The van der Waals surface area contributed by atoms with E-state index in [1.165, 1.54) is 32.7 Å². The second-order valence-corrected chi connectivity index (χ2v) is 17.2. The fraction of sp³-hybridized carbons (Fsp3) is 0. The van der Waals surface area contributed by atoms with Crippen LogP contribution >= 0.6 is 0 Å². The van der Waals surface area contributed by atoms with Crippen molar-refractivity contribution in [3.05, 3.63) is 249 Å². The van der Waals surface area contributed by atoms with Gasteiger partial charge in [-0.15, -0.1) is 0 Å². The van der Waals surface area contributed by atoms with Gasteiger partial charge >= 0.3 is 0 Å². The van der Waals surface area contributed by atoms with Crippen molar-refractivity contribution < 1.29 is 0 Å². The van der Waals surface area contributed by atoms with Crippen LogP contribution in [0.5, 0.6) is 0 Å². The molecule has 0 aliphatic rings. The molecule has 0 radical (unpaired) electrons. The molecule has 0 saturated carbocycles. The molecule has 0 spiro atoms. The Labute approximate surface area is 393 Å². The van der Waals surface area contributed by atoms with Gasteiger partial charge in [0.15, 0.2) is 17.5 Å². The van der Waals surface area contributed by atoms with Gasteiger partial charge in [0.25, 0.3) is 0 Å². The van der Waals surface area contributed by atoms with Crippen LogP contribution in [0.4, 0.5) is 0 Å². The predicted molar refractivity (Wildman–Crippen MR) is 281 cm³/mol. The van der Waals surface area contributed by atoms with Gasteiger partial charge in [-0.2, -0.15) is 0 Å². The lowest BCUT2D eigenvalue weighted by molar-refractivity contribution is 1.07. The molecule has 3 aromatic heterocycles. The summed E-state index contributed by atoms with van der Waals surface area (Å²) < 4.78 is 4.89. The topological polar surface area (TPSA) is 48.5 Å². The summed E-state index contributed by atoms with van der Waals surface area (Å²) in [5.74, 6) is 1.82. The summed E-state index contributed by atoms with van der Waals surface area (Å²) in [5.41, 5.74) is 16.1. The van der Waals surface area contributed by atoms with Crippen molar-refractivity contribution >= 4 is 43.6 Å². The fourth-order valence-electron chi connectivity index (χ4n) is 10.00. The van der Waals surface area contributed by atoms with Gasteiger partial charge in [-0.05, 0) is 69.8 Å². The number of benzene rings is 10. The Balaban J connectivity index is 1.07. The van der Waals surface area contributed by atoms with E-state index in [2.05, 4.69) is 234 Å². The quantitative estimate of drug-likeness (QED) is 0.153. The summed E-state index contributed by atoms with van der Waals surface area (Å²) >= 11 is 0. The minimum absolute atomic E-state index is 0.596. The molecule has 0 aliphatic carbocycles. The summed E-state index contributed by atoms with van der Waals surface area (Å²) in [5, 5.41) is 4.77. The highest BCUT2D eigenvalue weighted by molar-refractivity contribution is 6.15. The van der Waals surface area contributed by atoms with Gasteiger partial charge in [0.2, 0.25) is 0 Å². The molecule has 318 valence electrons. The zero-order valence-electron chi connectivity index (χ0n) is 36.9. The van der Waals surface area contributed by atoms with Crippen molar-refractivity contribution in [1.29, 1.82) is 0 Å². The van der Waals surface area contributed by atoms with Crippen LogP contribution in [0.2, 0.25) is 0 Å². The second kappa shape index (κ2) is 16.4. The van der Waals surface area contributed by atoms with Crippen molar-refractivity contribution in [2.75, 3.05) is 0 Å². The smallest absolute Gasteiger partial charge is 0.164 e. The Hall–Kier alpha value is -9.19. The maximum atomic E-state index is 5.36. The highest BCUT2D eigenvalue weighted by atomic mass is 15.1. The summed E-state index contributed by atoms with van der Waals surface area (Å²) in [6.07, 6.45) is 0. The van der Waals surface area contributed by atoms with Crippen molar-refractivity contribution in [2.24, 2.45) is 0 Å². The van der Waals surface area contributed by atoms with Gasteiger partial charge in [0, 0.05) is 43.9 Å². The van der Waals surface area contributed by atoms with Crippen LogP contribution in [0.3, 0.4) is 0 Å². The number of para-hydroxylation sites is 3. The molecule has 5 heteroatoms. The van der Waals surface area contributed by atoms with E-state index >= 15 is 0 Å². The van der Waals surface area contributed by atoms with Crippen LogP contribution in [-0.4, -0.2) is 24.1 Å². The number of hydrogen-bond donors (Lipinski definition) is 0. The molecule has 0 atom stereocenters. The average molecular weight is 868 g/mol. The van der Waals surface area contributed by atoms with E-state index < -0.39 is 0 Å². The molecule has 68 heavy (non-hydrogen) atoms. The lowest BCUT2D eigenvalue weighted by Gasteiger charge is -2.17. The van der Waals surface area contributed by atoms with Crippen LogP contribution in [0.15, 0.2) is 249 Å². The van der Waals surface area contributed by atoms with Crippen molar-refractivity contribution in [3.8, 4) is 78.9 Å². The summed E-state index contributed by atoms with van der Waals surface area (Å²) in [4.78, 5) is 15.8. The first-order chi connectivity index (χ1) is 33.7. The highest BCUT2D eigenvalue weighted by Gasteiger charge is 2.23. The van der Waals surface area contributed by atoms with E-state index in [4.69, 9.17) is 15.0 Å². The van der Waals surface area contributed by atoms with Crippen molar-refractivity contribution in [1.82, 2.24) is 24.1 Å². The SMILES string of the molecule is c1ccc(-c2ccc(-c3nc(-c4ccccc4)nc(-c4cc(-n5c6ccccc6c6cccc(-n7c8ccccc8c8ccc(-c9ccccc9)cc87)c65)ccc4-c4ccccc4)n3)cc2)cc1. The lowest BCUT2D eigenvalue weighted by Crippen LogP contribution is -2.03. The number of rotatable bonds is 8. The Bertz CT molecular complexity index is 3990. The molecule has 0 bridgehead atoms. The van der Waals surface area contributed by atoms with Crippen LogP contribution in [0.1, 0.15) is 0 Å². The van der Waals surface area contributed by atoms with Gasteiger partial charge in [-0.25, -0.2) is 15.0 Å². The maximum Gasteiger partial charge on any atom is 0.164 e. The molecule has 0 N–H and O–H groups in total. The molecule has 0 fully saturated rings. The first-order valence-electron chi connectivity index (χ1n) is 23.0.